The number of fused-ring (bicyclic) bond motifs is 1. The van der Waals surface area contributed by atoms with Crippen molar-refractivity contribution >= 4 is 22.3 Å². The van der Waals surface area contributed by atoms with Crippen LogP contribution >= 0.6 is 0 Å². The summed E-state index contributed by atoms with van der Waals surface area (Å²) in [5, 5.41) is 20.5. The molecule has 5 heteroatoms. The summed E-state index contributed by atoms with van der Waals surface area (Å²) < 4.78 is 0. The molecule has 98 valence electrons. The molecule has 0 aliphatic rings. The number of rotatable bonds is 5. The topological polar surface area (TPSA) is 87.0 Å². The fourth-order valence-electron chi connectivity index (χ4n) is 2.10. The van der Waals surface area contributed by atoms with Crippen LogP contribution < -0.4 is 11.1 Å². The van der Waals surface area contributed by atoms with E-state index in [-0.39, 0.29) is 12.6 Å². The Bertz CT molecular complexity index is 521. The quantitative estimate of drug-likeness (QED) is 0.609. The summed E-state index contributed by atoms with van der Waals surface area (Å²) in [5.41, 5.74) is 8.44. The molecule has 1 aromatic heterocycles. The largest absolute Gasteiger partial charge is 0.397 e. The molecule has 0 radical (unpaired) electrons. The number of aromatic amines is 1. The summed E-state index contributed by atoms with van der Waals surface area (Å²) in [6.45, 7) is 4.36. The van der Waals surface area contributed by atoms with Crippen LogP contribution in [0.4, 0.5) is 11.4 Å². The lowest BCUT2D eigenvalue weighted by molar-refractivity contribution is 0.259. The number of hydrogen-bond acceptors (Lipinski definition) is 4. The molecule has 1 heterocycles. The van der Waals surface area contributed by atoms with Crippen molar-refractivity contribution in [2.24, 2.45) is 5.92 Å². The van der Waals surface area contributed by atoms with Gasteiger partial charge >= 0.3 is 0 Å². The Balaban J connectivity index is 2.21. The lowest BCUT2D eigenvalue weighted by Crippen LogP contribution is -2.26. The van der Waals surface area contributed by atoms with Gasteiger partial charge in [0.1, 0.15) is 0 Å². The first kappa shape index (κ1) is 12.7. The van der Waals surface area contributed by atoms with Gasteiger partial charge < -0.3 is 16.2 Å². The number of nitrogen functional groups attached to an aromatic ring is 1. The highest BCUT2D eigenvalue weighted by Gasteiger charge is 2.12. The van der Waals surface area contributed by atoms with Gasteiger partial charge in [-0.25, -0.2) is 0 Å². The van der Waals surface area contributed by atoms with E-state index in [0.717, 1.165) is 23.0 Å². The van der Waals surface area contributed by atoms with E-state index in [2.05, 4.69) is 29.4 Å². The smallest absolute Gasteiger partial charge is 0.0672 e. The summed E-state index contributed by atoms with van der Waals surface area (Å²) in [6, 6.07) is 3.83. The third kappa shape index (κ3) is 2.73. The van der Waals surface area contributed by atoms with Crippen molar-refractivity contribution in [2.75, 3.05) is 17.7 Å². The maximum Gasteiger partial charge on any atom is 0.0672 e. The molecule has 0 spiro atoms. The second-order valence-electron chi connectivity index (χ2n) is 5.05. The van der Waals surface area contributed by atoms with Crippen LogP contribution in [0, 0.1) is 5.92 Å². The summed E-state index contributed by atoms with van der Waals surface area (Å²) in [5.74, 6) is 0.520. The Morgan fingerprint density at radius 1 is 1.44 bits per heavy atom. The lowest BCUT2D eigenvalue weighted by Gasteiger charge is -2.20. The van der Waals surface area contributed by atoms with E-state index in [1.807, 2.05) is 12.1 Å². The second-order valence-corrected chi connectivity index (χ2v) is 5.05. The number of aliphatic hydroxyl groups is 1. The highest BCUT2D eigenvalue weighted by molar-refractivity contribution is 5.88. The number of anilines is 2. The van der Waals surface area contributed by atoms with Crippen molar-refractivity contribution in [3.05, 3.63) is 18.3 Å². The molecule has 5 nitrogen and oxygen atoms in total. The van der Waals surface area contributed by atoms with E-state index < -0.39 is 0 Å². The van der Waals surface area contributed by atoms with Gasteiger partial charge in [-0.2, -0.15) is 5.10 Å². The number of nitrogens with one attached hydrogen (secondary N) is 2. The molecular weight excluding hydrogens is 228 g/mol. The van der Waals surface area contributed by atoms with Crippen LogP contribution in [0.25, 0.3) is 10.9 Å². The maximum atomic E-state index is 9.38. The van der Waals surface area contributed by atoms with Crippen molar-refractivity contribution in [3.63, 3.8) is 0 Å². The molecule has 0 aliphatic carbocycles. The Morgan fingerprint density at radius 2 is 2.22 bits per heavy atom. The van der Waals surface area contributed by atoms with Crippen LogP contribution in [-0.2, 0) is 0 Å². The van der Waals surface area contributed by atoms with E-state index >= 15 is 0 Å². The summed E-state index contributed by atoms with van der Waals surface area (Å²) in [4.78, 5) is 0. The minimum absolute atomic E-state index is 0.0210. The van der Waals surface area contributed by atoms with Gasteiger partial charge in [0, 0.05) is 11.4 Å². The first-order valence-corrected chi connectivity index (χ1v) is 6.20. The van der Waals surface area contributed by atoms with Crippen molar-refractivity contribution < 1.29 is 5.11 Å². The third-order valence-corrected chi connectivity index (χ3v) is 2.95. The van der Waals surface area contributed by atoms with Gasteiger partial charge in [0.25, 0.3) is 0 Å². The maximum absolute atomic E-state index is 9.38. The SMILES string of the molecule is CC(C)CC(CO)Nc1cc2[nH]ncc2cc1N. The number of aromatic nitrogens is 2. The number of benzene rings is 1. The molecule has 2 rings (SSSR count). The van der Waals surface area contributed by atoms with E-state index in [1.165, 1.54) is 0 Å². The zero-order valence-electron chi connectivity index (χ0n) is 10.8. The van der Waals surface area contributed by atoms with E-state index in [4.69, 9.17) is 5.73 Å². The summed E-state index contributed by atoms with van der Waals surface area (Å²) in [6.07, 6.45) is 2.64. The van der Waals surface area contributed by atoms with Crippen molar-refractivity contribution in [1.82, 2.24) is 10.2 Å². The molecule has 0 amide bonds. The summed E-state index contributed by atoms with van der Waals surface area (Å²) >= 11 is 0. The fourth-order valence-corrected chi connectivity index (χ4v) is 2.10. The first-order chi connectivity index (χ1) is 8.60. The predicted octanol–water partition coefficient (Wildman–Crippen LogP) is 1.96. The zero-order chi connectivity index (χ0) is 13.1. The molecule has 0 saturated heterocycles. The molecule has 1 unspecified atom stereocenters. The second kappa shape index (κ2) is 5.27. The van der Waals surface area contributed by atoms with Crippen LogP contribution in [0.2, 0.25) is 0 Å². The average molecular weight is 248 g/mol. The predicted molar refractivity (Wildman–Crippen MR) is 74.5 cm³/mol. The number of H-pyrrole nitrogens is 1. The van der Waals surface area contributed by atoms with Gasteiger partial charge in [-0.15, -0.1) is 0 Å². The van der Waals surface area contributed by atoms with Crippen molar-refractivity contribution in [3.8, 4) is 0 Å². The van der Waals surface area contributed by atoms with Crippen molar-refractivity contribution in [2.45, 2.75) is 26.3 Å². The lowest BCUT2D eigenvalue weighted by atomic mass is 10.0. The van der Waals surface area contributed by atoms with Gasteiger partial charge in [0.15, 0.2) is 0 Å². The number of nitrogens with two attached hydrogens (primary N) is 1. The minimum atomic E-state index is 0.0210. The molecule has 0 saturated carbocycles. The minimum Gasteiger partial charge on any atom is -0.397 e. The van der Waals surface area contributed by atoms with Gasteiger partial charge in [0.2, 0.25) is 0 Å². The number of nitrogens with zero attached hydrogens (tertiary/aromatic N) is 1. The van der Waals surface area contributed by atoms with Gasteiger partial charge in [-0.05, 0) is 24.5 Å². The highest BCUT2D eigenvalue weighted by atomic mass is 16.3. The molecular formula is C13H20N4O. The first-order valence-electron chi connectivity index (χ1n) is 6.20. The third-order valence-electron chi connectivity index (χ3n) is 2.95. The van der Waals surface area contributed by atoms with E-state index in [1.54, 1.807) is 6.20 Å². The summed E-state index contributed by atoms with van der Waals surface area (Å²) in [7, 11) is 0. The van der Waals surface area contributed by atoms with Gasteiger partial charge in [-0.3, -0.25) is 5.10 Å². The van der Waals surface area contributed by atoms with Gasteiger partial charge in [0.05, 0.1) is 29.7 Å². The van der Waals surface area contributed by atoms with Crippen LogP contribution in [0.1, 0.15) is 20.3 Å². The van der Waals surface area contributed by atoms with Crippen LogP contribution in [-0.4, -0.2) is 28.0 Å². The standard InChI is InChI=1S/C13H20N4O/c1-8(2)3-10(7-18)16-13-5-12-9(4-11(13)14)6-15-17-12/h4-6,8,10,16,18H,3,7,14H2,1-2H3,(H,15,17). The molecule has 1 atom stereocenters. The Labute approximate surface area is 106 Å². The number of aliphatic hydroxyl groups excluding tert-OH is 1. The molecule has 5 N–H and O–H groups in total. The monoisotopic (exact) mass is 248 g/mol. The molecule has 18 heavy (non-hydrogen) atoms. The van der Waals surface area contributed by atoms with Crippen LogP contribution in [0.3, 0.4) is 0 Å². The molecule has 0 fully saturated rings. The number of hydrogen-bond donors (Lipinski definition) is 4. The van der Waals surface area contributed by atoms with Crippen molar-refractivity contribution in [1.29, 1.82) is 0 Å². The molecule has 0 aliphatic heterocycles. The van der Waals surface area contributed by atoms with Crippen LogP contribution in [0.5, 0.6) is 0 Å². The molecule has 2 aromatic rings. The highest BCUT2D eigenvalue weighted by Crippen LogP contribution is 2.26. The molecule has 0 bridgehead atoms. The Hall–Kier alpha value is -1.75. The fraction of sp³-hybridized carbons (Fsp3) is 0.462. The Kier molecular flexibility index (Phi) is 3.72. The Morgan fingerprint density at radius 3 is 2.89 bits per heavy atom. The average Bonchev–Trinajstić information content (AvgIpc) is 2.74. The van der Waals surface area contributed by atoms with Crippen LogP contribution in [0.15, 0.2) is 18.3 Å². The van der Waals surface area contributed by atoms with E-state index in [0.29, 0.717) is 11.6 Å². The zero-order valence-corrected chi connectivity index (χ0v) is 10.8. The van der Waals surface area contributed by atoms with Gasteiger partial charge in [-0.1, -0.05) is 13.8 Å². The normalized spacial score (nSPS) is 13.1. The molecule has 1 aromatic carbocycles. The van der Waals surface area contributed by atoms with E-state index in [9.17, 15) is 5.11 Å².